The second kappa shape index (κ2) is 10.1. The summed E-state index contributed by atoms with van der Waals surface area (Å²) in [4.78, 5) is 10.8. The number of aryl methyl sites for hydroxylation is 2. The summed E-state index contributed by atoms with van der Waals surface area (Å²) in [5.74, 6) is 0.124. The van der Waals surface area contributed by atoms with Crippen LogP contribution in [0.1, 0.15) is 23.6 Å². The highest BCUT2D eigenvalue weighted by molar-refractivity contribution is 6.03. The van der Waals surface area contributed by atoms with Crippen molar-refractivity contribution in [2.24, 2.45) is 9.98 Å². The number of nitrogens with zero attached hydrogens (tertiary/aromatic N) is 3. The average molecular weight is 421 g/mol. The van der Waals surface area contributed by atoms with E-state index >= 15 is 0 Å². The van der Waals surface area contributed by atoms with Crippen molar-refractivity contribution in [3.05, 3.63) is 53.1 Å². The van der Waals surface area contributed by atoms with Gasteiger partial charge in [-0.15, -0.1) is 13.2 Å². The highest BCUT2D eigenvalue weighted by Gasteiger charge is 2.31. The molecule has 2 aromatic carbocycles. The van der Waals surface area contributed by atoms with Gasteiger partial charge < -0.3 is 14.4 Å². The summed E-state index contributed by atoms with van der Waals surface area (Å²) in [6.45, 7) is 7.05. The van der Waals surface area contributed by atoms with E-state index in [9.17, 15) is 13.2 Å². The van der Waals surface area contributed by atoms with Crippen LogP contribution in [-0.4, -0.2) is 50.6 Å². The van der Waals surface area contributed by atoms with Crippen molar-refractivity contribution in [3.63, 3.8) is 0 Å². The number of aliphatic imine (C=N–C) groups is 2. The number of rotatable bonds is 8. The third-order valence-electron chi connectivity index (χ3n) is 4.45. The average Bonchev–Trinajstić information content (AvgIpc) is 2.69. The summed E-state index contributed by atoms with van der Waals surface area (Å²) in [6.07, 6.45) is -2.92. The van der Waals surface area contributed by atoms with Crippen LogP contribution < -0.4 is 9.47 Å². The van der Waals surface area contributed by atoms with E-state index in [-0.39, 0.29) is 12.4 Å². The predicted molar refractivity (Wildman–Crippen MR) is 113 cm³/mol. The number of alkyl halides is 3. The number of hydrogen-bond donors (Lipinski definition) is 0. The van der Waals surface area contributed by atoms with E-state index in [4.69, 9.17) is 4.74 Å². The Morgan fingerprint density at radius 3 is 2.27 bits per heavy atom. The zero-order valence-electron chi connectivity index (χ0n) is 17.7. The molecule has 0 saturated carbocycles. The Hall–Kier alpha value is -3.03. The van der Waals surface area contributed by atoms with E-state index in [0.717, 1.165) is 34.6 Å². The first-order valence-electron chi connectivity index (χ1n) is 9.43. The molecule has 0 fully saturated rings. The Morgan fingerprint density at radius 1 is 1.07 bits per heavy atom. The summed E-state index contributed by atoms with van der Waals surface area (Å²) in [5.41, 5.74) is 4.56. The lowest BCUT2D eigenvalue weighted by atomic mass is 10.00. The fourth-order valence-corrected chi connectivity index (χ4v) is 2.65. The molecule has 0 N–H and O–H groups in total. The largest absolute Gasteiger partial charge is 0.573 e. The molecule has 0 heterocycles. The summed E-state index contributed by atoms with van der Waals surface area (Å²) < 4.78 is 46.3. The fraction of sp³-hybridized carbons (Fsp3) is 0.364. The van der Waals surface area contributed by atoms with Crippen LogP contribution in [0, 0.1) is 13.8 Å². The Morgan fingerprint density at radius 2 is 1.70 bits per heavy atom. The second-order valence-corrected chi connectivity index (χ2v) is 6.75. The Balaban J connectivity index is 2.11. The van der Waals surface area contributed by atoms with Gasteiger partial charge in [-0.2, -0.15) is 0 Å². The summed E-state index contributed by atoms with van der Waals surface area (Å²) in [6, 6.07) is 9.28. The summed E-state index contributed by atoms with van der Waals surface area (Å²) >= 11 is 0. The van der Waals surface area contributed by atoms with Crippen LogP contribution in [0.5, 0.6) is 11.5 Å². The van der Waals surface area contributed by atoms with Gasteiger partial charge in [0.2, 0.25) is 0 Å². The molecule has 0 amide bonds. The molecule has 0 aliphatic heterocycles. The Bertz CT molecular complexity index is 907. The number of hydrogen-bond acceptors (Lipinski definition) is 4. The molecule has 2 aromatic rings. The quantitative estimate of drug-likeness (QED) is 0.429. The van der Waals surface area contributed by atoms with Crippen molar-refractivity contribution in [2.45, 2.75) is 27.1 Å². The van der Waals surface area contributed by atoms with Crippen LogP contribution in [0.2, 0.25) is 0 Å². The Kier molecular flexibility index (Phi) is 7.86. The highest BCUT2D eigenvalue weighted by Crippen LogP contribution is 2.26. The minimum atomic E-state index is -4.72. The standard InChI is InChI=1S/C22H26F3N3O2/c1-6-28(5)14-27-20-12-15(2)19(11-16(20)3)21(26-4)13-29-17-7-9-18(10-8-17)30-22(23,24)25/h7-12,14H,6,13H2,1-5H3. The van der Waals surface area contributed by atoms with E-state index in [2.05, 4.69) is 14.7 Å². The third-order valence-corrected chi connectivity index (χ3v) is 4.45. The minimum Gasteiger partial charge on any atom is -0.487 e. The van der Waals surface area contributed by atoms with Gasteiger partial charge in [-0.05, 0) is 68.3 Å². The molecule has 0 aliphatic carbocycles. The highest BCUT2D eigenvalue weighted by atomic mass is 19.4. The van der Waals surface area contributed by atoms with Crippen molar-refractivity contribution < 1.29 is 22.6 Å². The third kappa shape index (κ3) is 6.79. The van der Waals surface area contributed by atoms with Crippen LogP contribution in [0.3, 0.4) is 0 Å². The van der Waals surface area contributed by atoms with E-state index in [1.165, 1.54) is 24.3 Å². The molecule has 0 atom stereocenters. The molecule has 30 heavy (non-hydrogen) atoms. The molecule has 162 valence electrons. The molecule has 0 saturated heterocycles. The van der Waals surface area contributed by atoms with Gasteiger partial charge in [-0.25, -0.2) is 4.99 Å². The predicted octanol–water partition coefficient (Wildman–Crippen LogP) is 5.31. The van der Waals surface area contributed by atoms with Crippen molar-refractivity contribution in [1.82, 2.24) is 4.90 Å². The molecule has 5 nitrogen and oxygen atoms in total. The maximum absolute atomic E-state index is 12.3. The molecule has 0 radical (unpaired) electrons. The van der Waals surface area contributed by atoms with Crippen LogP contribution in [0.15, 0.2) is 46.4 Å². The monoisotopic (exact) mass is 421 g/mol. The zero-order chi connectivity index (χ0) is 22.3. The smallest absolute Gasteiger partial charge is 0.487 e. The minimum absolute atomic E-state index is 0.178. The normalized spacial score (nSPS) is 12.3. The molecule has 8 heteroatoms. The molecule has 0 bridgehead atoms. The molecule has 0 aliphatic rings. The number of ether oxygens (including phenoxy) is 2. The summed E-state index contributed by atoms with van der Waals surface area (Å²) in [5, 5.41) is 0. The van der Waals surface area contributed by atoms with Crippen molar-refractivity contribution in [1.29, 1.82) is 0 Å². The van der Waals surface area contributed by atoms with Gasteiger partial charge in [0.25, 0.3) is 0 Å². The second-order valence-electron chi connectivity index (χ2n) is 6.75. The van der Waals surface area contributed by atoms with E-state index in [1.807, 2.05) is 44.9 Å². The van der Waals surface area contributed by atoms with Gasteiger partial charge in [0.1, 0.15) is 18.1 Å². The first-order valence-corrected chi connectivity index (χ1v) is 9.43. The molecule has 0 aromatic heterocycles. The Labute approximate surface area is 174 Å². The van der Waals surface area contributed by atoms with Gasteiger partial charge >= 0.3 is 6.36 Å². The van der Waals surface area contributed by atoms with Crippen molar-refractivity contribution in [2.75, 3.05) is 27.2 Å². The molecule has 2 rings (SSSR count). The van der Waals surface area contributed by atoms with Crippen LogP contribution in [0.4, 0.5) is 18.9 Å². The lowest BCUT2D eigenvalue weighted by Crippen LogP contribution is -2.17. The zero-order valence-corrected chi connectivity index (χ0v) is 17.7. The molecule has 0 spiro atoms. The summed E-state index contributed by atoms with van der Waals surface area (Å²) in [7, 11) is 3.64. The lowest BCUT2D eigenvalue weighted by Gasteiger charge is -2.14. The first-order chi connectivity index (χ1) is 14.1. The van der Waals surface area contributed by atoms with Gasteiger partial charge in [-0.1, -0.05) is 0 Å². The van der Waals surface area contributed by atoms with Gasteiger partial charge in [0.15, 0.2) is 0 Å². The molecular formula is C22H26F3N3O2. The maximum atomic E-state index is 12.3. The maximum Gasteiger partial charge on any atom is 0.573 e. The fourth-order valence-electron chi connectivity index (χ4n) is 2.65. The first kappa shape index (κ1) is 23.3. The lowest BCUT2D eigenvalue weighted by molar-refractivity contribution is -0.274. The van der Waals surface area contributed by atoms with E-state index < -0.39 is 6.36 Å². The van der Waals surface area contributed by atoms with Crippen LogP contribution >= 0.6 is 0 Å². The van der Waals surface area contributed by atoms with Gasteiger partial charge in [0, 0.05) is 26.2 Å². The van der Waals surface area contributed by atoms with E-state index in [1.54, 1.807) is 13.4 Å². The number of halogens is 3. The van der Waals surface area contributed by atoms with Crippen LogP contribution in [0.25, 0.3) is 0 Å². The van der Waals surface area contributed by atoms with E-state index in [0.29, 0.717) is 5.75 Å². The SMILES string of the molecule is CCN(C)C=Nc1cc(C)c(C(COc2ccc(OC(F)(F)F)cc2)=NC)cc1C. The van der Waals surface area contributed by atoms with Crippen molar-refractivity contribution in [3.8, 4) is 11.5 Å². The molecular weight excluding hydrogens is 395 g/mol. The number of benzene rings is 2. The van der Waals surface area contributed by atoms with Gasteiger partial charge in [0.05, 0.1) is 17.7 Å². The van der Waals surface area contributed by atoms with Crippen molar-refractivity contribution >= 4 is 17.7 Å². The van der Waals surface area contributed by atoms with Crippen LogP contribution in [-0.2, 0) is 0 Å². The topological polar surface area (TPSA) is 46.4 Å². The van der Waals surface area contributed by atoms with Gasteiger partial charge in [-0.3, -0.25) is 4.99 Å². The molecule has 0 unspecified atom stereocenters.